The summed E-state index contributed by atoms with van der Waals surface area (Å²) < 4.78 is 5.32. The number of aliphatic carboxylic acids is 1. The molecule has 0 fully saturated rings. The van der Waals surface area contributed by atoms with E-state index < -0.39 is 11.5 Å². The molecule has 0 aliphatic carbocycles. The maximum Gasteiger partial charge on any atom is 0.323 e. The summed E-state index contributed by atoms with van der Waals surface area (Å²) in [5.41, 5.74) is -0.801. The van der Waals surface area contributed by atoms with Gasteiger partial charge in [-0.1, -0.05) is 6.92 Å². The lowest BCUT2D eigenvalue weighted by atomic mass is 9.95. The van der Waals surface area contributed by atoms with Crippen LogP contribution >= 0.6 is 0 Å². The molecule has 90 valence electrons. The first kappa shape index (κ1) is 14.4. The maximum atomic E-state index is 10.9. The Balaban J connectivity index is 3.60. The zero-order valence-corrected chi connectivity index (χ0v) is 10.0. The Labute approximate surface area is 92.0 Å². The fraction of sp³-hybridized carbons (Fsp3) is 0.909. The molecule has 0 amide bonds. The monoisotopic (exact) mass is 217 g/mol. The van der Waals surface area contributed by atoms with Gasteiger partial charge in [0.2, 0.25) is 0 Å². The number of carboxylic acids is 1. The highest BCUT2D eigenvalue weighted by Gasteiger charge is 2.29. The number of likely N-dealkylation sites (N-methyl/N-ethyl adjacent to an activating group) is 1. The van der Waals surface area contributed by atoms with E-state index in [0.29, 0.717) is 6.42 Å². The van der Waals surface area contributed by atoms with Crippen LogP contribution in [-0.2, 0) is 9.53 Å². The van der Waals surface area contributed by atoms with Crippen molar-refractivity contribution in [2.45, 2.75) is 45.1 Å². The lowest BCUT2D eigenvalue weighted by Gasteiger charge is -2.23. The first-order valence-electron chi connectivity index (χ1n) is 5.57. The van der Waals surface area contributed by atoms with Gasteiger partial charge in [-0.2, -0.15) is 0 Å². The minimum atomic E-state index is -0.801. The molecule has 4 heteroatoms. The van der Waals surface area contributed by atoms with Crippen LogP contribution in [0.3, 0.4) is 0 Å². The summed E-state index contributed by atoms with van der Waals surface area (Å²) in [7, 11) is 1.68. The van der Waals surface area contributed by atoms with Crippen LogP contribution in [0.1, 0.15) is 39.5 Å². The molecule has 0 radical (unpaired) electrons. The first-order valence-corrected chi connectivity index (χ1v) is 5.57. The number of rotatable bonds is 9. The van der Waals surface area contributed by atoms with Gasteiger partial charge in [0.1, 0.15) is 5.54 Å². The van der Waals surface area contributed by atoms with Gasteiger partial charge in [0.25, 0.3) is 0 Å². The van der Waals surface area contributed by atoms with E-state index >= 15 is 0 Å². The second kappa shape index (κ2) is 7.65. The third kappa shape index (κ3) is 5.74. The first-order chi connectivity index (χ1) is 7.06. The average molecular weight is 217 g/mol. The molecule has 0 aromatic heterocycles. The third-order valence-electron chi connectivity index (χ3n) is 2.59. The molecule has 0 aromatic rings. The van der Waals surface area contributed by atoms with Gasteiger partial charge >= 0.3 is 5.97 Å². The molecular formula is C11H23NO3. The Morgan fingerprint density at radius 1 is 1.40 bits per heavy atom. The van der Waals surface area contributed by atoms with Gasteiger partial charge in [-0.25, -0.2) is 0 Å². The maximum absolute atomic E-state index is 10.9. The number of hydrogen-bond donors (Lipinski definition) is 2. The summed E-state index contributed by atoms with van der Waals surface area (Å²) in [5, 5.41) is 11.8. The van der Waals surface area contributed by atoms with E-state index in [4.69, 9.17) is 9.84 Å². The molecule has 2 N–H and O–H groups in total. The minimum Gasteiger partial charge on any atom is -0.480 e. The van der Waals surface area contributed by atoms with Crippen LogP contribution in [0.15, 0.2) is 0 Å². The SMILES string of the molecule is CCCOCCCCC(C)(NC)C(=O)O. The summed E-state index contributed by atoms with van der Waals surface area (Å²) in [5.74, 6) is -0.792. The number of hydrogen-bond acceptors (Lipinski definition) is 3. The zero-order valence-electron chi connectivity index (χ0n) is 10.0. The molecule has 15 heavy (non-hydrogen) atoms. The Morgan fingerprint density at radius 2 is 2.07 bits per heavy atom. The van der Waals surface area contributed by atoms with Crippen molar-refractivity contribution < 1.29 is 14.6 Å². The molecule has 0 spiro atoms. The topological polar surface area (TPSA) is 58.6 Å². The largest absolute Gasteiger partial charge is 0.480 e. The summed E-state index contributed by atoms with van der Waals surface area (Å²) in [6, 6.07) is 0. The minimum absolute atomic E-state index is 0.633. The van der Waals surface area contributed by atoms with Gasteiger partial charge in [-0.05, 0) is 39.7 Å². The molecule has 0 aliphatic rings. The van der Waals surface area contributed by atoms with Crippen molar-refractivity contribution >= 4 is 5.97 Å². The molecule has 4 nitrogen and oxygen atoms in total. The van der Waals surface area contributed by atoms with E-state index in [2.05, 4.69) is 12.2 Å². The zero-order chi connectivity index (χ0) is 11.7. The molecule has 0 saturated heterocycles. The molecule has 0 saturated carbocycles. The van der Waals surface area contributed by atoms with E-state index in [0.717, 1.165) is 32.5 Å². The van der Waals surface area contributed by atoms with E-state index in [-0.39, 0.29) is 0 Å². The Morgan fingerprint density at radius 3 is 2.53 bits per heavy atom. The van der Waals surface area contributed by atoms with Crippen LogP contribution in [0.4, 0.5) is 0 Å². The second-order valence-electron chi connectivity index (χ2n) is 3.96. The quantitative estimate of drug-likeness (QED) is 0.576. The molecule has 0 heterocycles. The highest BCUT2D eigenvalue weighted by Crippen LogP contribution is 2.13. The molecule has 1 atom stereocenters. The fourth-order valence-corrected chi connectivity index (χ4v) is 1.27. The van der Waals surface area contributed by atoms with Crippen molar-refractivity contribution in [3.63, 3.8) is 0 Å². The van der Waals surface area contributed by atoms with E-state index in [1.54, 1.807) is 14.0 Å². The smallest absolute Gasteiger partial charge is 0.323 e. The van der Waals surface area contributed by atoms with Crippen LogP contribution in [0.2, 0.25) is 0 Å². The van der Waals surface area contributed by atoms with Crippen molar-refractivity contribution in [1.29, 1.82) is 0 Å². The molecule has 0 aliphatic heterocycles. The summed E-state index contributed by atoms with van der Waals surface area (Å²) >= 11 is 0. The Kier molecular flexibility index (Phi) is 7.34. The van der Waals surface area contributed by atoms with E-state index in [9.17, 15) is 4.79 Å². The summed E-state index contributed by atoms with van der Waals surface area (Å²) in [4.78, 5) is 10.9. The van der Waals surface area contributed by atoms with Crippen LogP contribution in [0, 0.1) is 0 Å². The van der Waals surface area contributed by atoms with E-state index in [1.165, 1.54) is 0 Å². The number of ether oxygens (including phenoxy) is 1. The van der Waals surface area contributed by atoms with Crippen LogP contribution in [0.25, 0.3) is 0 Å². The van der Waals surface area contributed by atoms with E-state index in [1.807, 2.05) is 0 Å². The van der Waals surface area contributed by atoms with Crippen molar-refractivity contribution in [2.75, 3.05) is 20.3 Å². The van der Waals surface area contributed by atoms with Gasteiger partial charge in [0.15, 0.2) is 0 Å². The van der Waals surface area contributed by atoms with Crippen molar-refractivity contribution in [3.8, 4) is 0 Å². The second-order valence-corrected chi connectivity index (χ2v) is 3.96. The van der Waals surface area contributed by atoms with Crippen LogP contribution in [-0.4, -0.2) is 36.9 Å². The summed E-state index contributed by atoms with van der Waals surface area (Å²) in [6.45, 7) is 5.31. The number of carbonyl (C=O) groups is 1. The average Bonchev–Trinajstić information content (AvgIpc) is 2.22. The molecule has 0 aromatic carbocycles. The molecule has 1 unspecified atom stereocenters. The predicted molar refractivity (Wildman–Crippen MR) is 60.1 cm³/mol. The highest BCUT2D eigenvalue weighted by atomic mass is 16.5. The van der Waals surface area contributed by atoms with Crippen LogP contribution < -0.4 is 5.32 Å². The van der Waals surface area contributed by atoms with Gasteiger partial charge < -0.3 is 15.2 Å². The van der Waals surface area contributed by atoms with Crippen LogP contribution in [0.5, 0.6) is 0 Å². The number of nitrogens with one attached hydrogen (secondary N) is 1. The highest BCUT2D eigenvalue weighted by molar-refractivity contribution is 5.78. The lowest BCUT2D eigenvalue weighted by Crippen LogP contribution is -2.47. The van der Waals surface area contributed by atoms with Crippen molar-refractivity contribution in [1.82, 2.24) is 5.32 Å². The third-order valence-corrected chi connectivity index (χ3v) is 2.59. The predicted octanol–water partition coefficient (Wildman–Crippen LogP) is 1.65. The van der Waals surface area contributed by atoms with Gasteiger partial charge in [0.05, 0.1) is 0 Å². The van der Waals surface area contributed by atoms with Gasteiger partial charge in [0, 0.05) is 13.2 Å². The molecule has 0 bridgehead atoms. The molecular weight excluding hydrogens is 194 g/mol. The van der Waals surface area contributed by atoms with Gasteiger partial charge in [-0.3, -0.25) is 4.79 Å². The Bertz CT molecular complexity index is 185. The standard InChI is InChI=1S/C11H23NO3/c1-4-8-15-9-6-5-7-11(2,12-3)10(13)14/h12H,4-9H2,1-3H3,(H,13,14). The van der Waals surface area contributed by atoms with Gasteiger partial charge in [-0.15, -0.1) is 0 Å². The van der Waals surface area contributed by atoms with Crippen molar-refractivity contribution in [2.24, 2.45) is 0 Å². The molecule has 0 rings (SSSR count). The lowest BCUT2D eigenvalue weighted by molar-refractivity contribution is -0.144. The summed E-state index contributed by atoms with van der Waals surface area (Å²) in [6.07, 6.45) is 3.45. The van der Waals surface area contributed by atoms with Crippen molar-refractivity contribution in [3.05, 3.63) is 0 Å². The number of unbranched alkanes of at least 4 members (excludes halogenated alkanes) is 1. The number of carboxylic acid groups (broad SMARTS) is 1. The Hall–Kier alpha value is -0.610. The fourth-order valence-electron chi connectivity index (χ4n) is 1.27. The normalized spacial score (nSPS) is 14.9.